The van der Waals surface area contributed by atoms with E-state index in [1.807, 2.05) is 41.6 Å². The number of aromatic nitrogens is 2. The zero-order chi connectivity index (χ0) is 15.5. The Morgan fingerprint density at radius 2 is 1.95 bits per heavy atom. The number of hydrogen-bond acceptors (Lipinski definition) is 3. The average molecular weight is 410 g/mol. The molecule has 1 aliphatic heterocycles. The Hall–Kier alpha value is -1.57. The number of imidazole rings is 1. The number of piperazine rings is 1. The van der Waals surface area contributed by atoms with Crippen LogP contribution in [0.4, 0.5) is 5.95 Å². The number of nitrogens with zero attached hydrogens (tertiary/aromatic N) is 4. The van der Waals surface area contributed by atoms with Crippen LogP contribution >= 0.6 is 22.6 Å². The first-order chi connectivity index (χ1) is 10.7. The fourth-order valence-corrected chi connectivity index (χ4v) is 3.36. The molecule has 0 bridgehead atoms. The normalized spacial score (nSPS) is 15.2. The lowest BCUT2D eigenvalue weighted by Crippen LogP contribution is -2.49. The van der Waals surface area contributed by atoms with Crippen molar-refractivity contribution >= 4 is 34.4 Å². The molecule has 0 unspecified atom stereocenters. The smallest absolute Gasteiger partial charge is 0.255 e. The molecular weight excluding hydrogens is 391 g/mol. The molecular formula is C16H19IN4O. The van der Waals surface area contributed by atoms with Crippen LogP contribution in [0.1, 0.15) is 17.3 Å². The van der Waals surface area contributed by atoms with E-state index in [9.17, 15) is 4.79 Å². The number of rotatable bonds is 3. The topological polar surface area (TPSA) is 41.4 Å². The number of carbonyl (C=O) groups excluding carboxylic acids is 1. The first-order valence-electron chi connectivity index (χ1n) is 7.50. The van der Waals surface area contributed by atoms with Crippen molar-refractivity contribution in [2.24, 2.45) is 0 Å². The molecule has 0 atom stereocenters. The summed E-state index contributed by atoms with van der Waals surface area (Å²) in [4.78, 5) is 21.2. The van der Waals surface area contributed by atoms with Crippen LogP contribution in [0.25, 0.3) is 0 Å². The predicted octanol–water partition coefficient (Wildman–Crippen LogP) is 2.47. The molecule has 1 aliphatic rings. The van der Waals surface area contributed by atoms with Crippen molar-refractivity contribution in [3.63, 3.8) is 0 Å². The summed E-state index contributed by atoms with van der Waals surface area (Å²) in [5, 5.41) is 0. The highest BCUT2D eigenvalue weighted by Gasteiger charge is 2.24. The van der Waals surface area contributed by atoms with Gasteiger partial charge >= 0.3 is 0 Å². The second-order valence-corrected chi connectivity index (χ2v) is 6.43. The number of aryl methyl sites for hydroxylation is 1. The minimum absolute atomic E-state index is 0.128. The summed E-state index contributed by atoms with van der Waals surface area (Å²) in [5.41, 5.74) is 0.798. The van der Waals surface area contributed by atoms with Gasteiger partial charge in [0.15, 0.2) is 0 Å². The third-order valence-corrected chi connectivity index (χ3v) is 4.93. The third kappa shape index (κ3) is 2.97. The molecule has 0 saturated carbocycles. The lowest BCUT2D eigenvalue weighted by Gasteiger charge is -2.35. The number of amides is 1. The second kappa shape index (κ2) is 6.68. The highest BCUT2D eigenvalue weighted by molar-refractivity contribution is 14.1. The SMILES string of the molecule is CCn1ccnc1N1CCN(C(=O)c2ccccc2I)CC1. The van der Waals surface area contributed by atoms with Crippen LogP contribution in [0.5, 0.6) is 0 Å². The highest BCUT2D eigenvalue weighted by atomic mass is 127. The van der Waals surface area contributed by atoms with E-state index in [0.717, 1.165) is 47.8 Å². The van der Waals surface area contributed by atoms with Crippen LogP contribution in [0.2, 0.25) is 0 Å². The lowest BCUT2D eigenvalue weighted by molar-refractivity contribution is 0.0745. The van der Waals surface area contributed by atoms with Gasteiger partial charge in [-0.25, -0.2) is 4.98 Å². The van der Waals surface area contributed by atoms with E-state index in [0.29, 0.717) is 0 Å². The van der Waals surface area contributed by atoms with E-state index in [1.165, 1.54) is 0 Å². The maximum atomic E-state index is 12.6. The van der Waals surface area contributed by atoms with Gasteiger partial charge in [0.25, 0.3) is 5.91 Å². The summed E-state index contributed by atoms with van der Waals surface area (Å²) in [6.45, 7) is 6.15. The number of halogens is 1. The Kier molecular flexibility index (Phi) is 4.66. The molecule has 2 heterocycles. The molecule has 1 fully saturated rings. The van der Waals surface area contributed by atoms with Gasteiger partial charge < -0.3 is 14.4 Å². The summed E-state index contributed by atoms with van der Waals surface area (Å²) < 4.78 is 3.14. The molecule has 0 spiro atoms. The van der Waals surface area contributed by atoms with Gasteiger partial charge in [-0.3, -0.25) is 4.79 Å². The van der Waals surface area contributed by atoms with Crippen LogP contribution in [0, 0.1) is 3.57 Å². The van der Waals surface area contributed by atoms with Crippen molar-refractivity contribution in [3.8, 4) is 0 Å². The van der Waals surface area contributed by atoms with Crippen LogP contribution in [-0.4, -0.2) is 46.5 Å². The molecule has 5 nitrogen and oxygen atoms in total. The van der Waals surface area contributed by atoms with E-state index in [2.05, 4.69) is 44.0 Å². The predicted molar refractivity (Wildman–Crippen MR) is 95.2 cm³/mol. The van der Waals surface area contributed by atoms with Crippen LogP contribution in [-0.2, 0) is 6.54 Å². The molecule has 1 saturated heterocycles. The van der Waals surface area contributed by atoms with Crippen molar-refractivity contribution in [1.29, 1.82) is 0 Å². The number of benzene rings is 1. The summed E-state index contributed by atoms with van der Waals surface area (Å²) in [6.07, 6.45) is 3.84. The van der Waals surface area contributed by atoms with E-state index in [1.54, 1.807) is 0 Å². The minimum Gasteiger partial charge on any atom is -0.339 e. The summed E-state index contributed by atoms with van der Waals surface area (Å²) >= 11 is 2.22. The number of hydrogen-bond donors (Lipinski definition) is 0. The van der Waals surface area contributed by atoms with Crippen LogP contribution < -0.4 is 4.90 Å². The van der Waals surface area contributed by atoms with Gasteiger partial charge in [-0.05, 0) is 41.6 Å². The maximum Gasteiger partial charge on any atom is 0.255 e. The minimum atomic E-state index is 0.128. The maximum absolute atomic E-state index is 12.6. The Balaban J connectivity index is 1.67. The first kappa shape index (κ1) is 15.3. The molecule has 1 aromatic carbocycles. The summed E-state index contributed by atoms with van der Waals surface area (Å²) in [5.74, 6) is 1.13. The molecule has 1 amide bonds. The number of carbonyl (C=O) groups is 1. The molecule has 2 aromatic rings. The standard InChI is InChI=1S/C16H19IN4O/c1-2-19-8-7-18-16(19)21-11-9-20(10-12-21)15(22)13-5-3-4-6-14(13)17/h3-8H,2,9-12H2,1H3. The molecule has 6 heteroatoms. The molecule has 22 heavy (non-hydrogen) atoms. The van der Waals surface area contributed by atoms with Crippen molar-refractivity contribution in [3.05, 3.63) is 45.8 Å². The van der Waals surface area contributed by atoms with E-state index < -0.39 is 0 Å². The summed E-state index contributed by atoms with van der Waals surface area (Å²) in [6, 6.07) is 7.76. The molecule has 0 aliphatic carbocycles. The molecule has 0 N–H and O–H groups in total. The highest BCUT2D eigenvalue weighted by Crippen LogP contribution is 2.18. The second-order valence-electron chi connectivity index (χ2n) is 5.27. The molecule has 1 aromatic heterocycles. The summed E-state index contributed by atoms with van der Waals surface area (Å²) in [7, 11) is 0. The number of anilines is 1. The third-order valence-electron chi connectivity index (χ3n) is 3.99. The van der Waals surface area contributed by atoms with Gasteiger partial charge in [0.2, 0.25) is 5.95 Å². The van der Waals surface area contributed by atoms with Crippen LogP contribution in [0.3, 0.4) is 0 Å². The van der Waals surface area contributed by atoms with Crippen molar-refractivity contribution < 1.29 is 4.79 Å². The van der Waals surface area contributed by atoms with E-state index in [-0.39, 0.29) is 5.91 Å². The first-order valence-corrected chi connectivity index (χ1v) is 8.58. The fraction of sp³-hybridized carbons (Fsp3) is 0.375. The van der Waals surface area contributed by atoms with E-state index >= 15 is 0 Å². The zero-order valence-corrected chi connectivity index (χ0v) is 14.7. The lowest BCUT2D eigenvalue weighted by atomic mass is 10.2. The Morgan fingerprint density at radius 3 is 2.64 bits per heavy atom. The van der Waals surface area contributed by atoms with Gasteiger partial charge in [0.05, 0.1) is 5.56 Å². The molecule has 116 valence electrons. The Morgan fingerprint density at radius 1 is 1.23 bits per heavy atom. The Bertz CT molecular complexity index is 662. The van der Waals surface area contributed by atoms with Crippen molar-refractivity contribution in [2.45, 2.75) is 13.5 Å². The van der Waals surface area contributed by atoms with Crippen LogP contribution in [0.15, 0.2) is 36.7 Å². The largest absolute Gasteiger partial charge is 0.339 e. The van der Waals surface area contributed by atoms with E-state index in [4.69, 9.17) is 0 Å². The average Bonchev–Trinajstić information content (AvgIpc) is 3.03. The van der Waals surface area contributed by atoms with Gasteiger partial charge in [-0.1, -0.05) is 12.1 Å². The van der Waals surface area contributed by atoms with Crippen molar-refractivity contribution in [1.82, 2.24) is 14.5 Å². The fourth-order valence-electron chi connectivity index (χ4n) is 2.75. The van der Waals surface area contributed by atoms with Crippen molar-refractivity contribution in [2.75, 3.05) is 31.1 Å². The Labute approximate surface area is 144 Å². The molecule has 0 radical (unpaired) electrons. The quantitative estimate of drug-likeness (QED) is 0.731. The van der Waals surface area contributed by atoms with Gasteiger partial charge in [-0.2, -0.15) is 0 Å². The van der Waals surface area contributed by atoms with Gasteiger partial charge in [-0.15, -0.1) is 0 Å². The van der Waals surface area contributed by atoms with Gasteiger partial charge in [0, 0.05) is 48.7 Å². The monoisotopic (exact) mass is 410 g/mol. The molecule has 3 rings (SSSR count). The zero-order valence-electron chi connectivity index (χ0n) is 12.6. The van der Waals surface area contributed by atoms with Gasteiger partial charge in [0.1, 0.15) is 0 Å².